The van der Waals surface area contributed by atoms with Crippen molar-refractivity contribution in [3.8, 4) is 0 Å². The highest BCUT2D eigenvalue weighted by Gasteiger charge is 2.17. The molecule has 0 unspecified atom stereocenters. The third-order valence-corrected chi connectivity index (χ3v) is 6.07. The lowest BCUT2D eigenvalue weighted by Crippen LogP contribution is -2.36. The number of aromatic nitrogens is 3. The van der Waals surface area contributed by atoms with Gasteiger partial charge in [-0.05, 0) is 42.2 Å². The molecule has 0 aliphatic carbocycles. The van der Waals surface area contributed by atoms with E-state index in [1.165, 1.54) is 10.5 Å². The molecule has 0 radical (unpaired) electrons. The predicted octanol–water partition coefficient (Wildman–Crippen LogP) is 3.34. The molecule has 7 nitrogen and oxygen atoms in total. The molecule has 0 saturated carbocycles. The van der Waals surface area contributed by atoms with Gasteiger partial charge in [-0.25, -0.2) is 4.98 Å². The zero-order valence-electron chi connectivity index (χ0n) is 19.1. The molecule has 2 N–H and O–H groups in total. The van der Waals surface area contributed by atoms with Crippen molar-refractivity contribution in [1.82, 2.24) is 19.3 Å². The van der Waals surface area contributed by atoms with Gasteiger partial charge in [0.05, 0.1) is 10.9 Å². The fourth-order valence-corrected chi connectivity index (χ4v) is 4.22. The maximum atomic E-state index is 13.3. The van der Waals surface area contributed by atoms with E-state index in [2.05, 4.69) is 10.3 Å². The Labute approximate surface area is 201 Å². The van der Waals surface area contributed by atoms with Crippen molar-refractivity contribution in [2.75, 3.05) is 6.54 Å². The molecule has 5 rings (SSSR count). The first-order valence-electron chi connectivity index (χ1n) is 11.6. The molecule has 0 aliphatic heterocycles. The number of fused-ring (bicyclic) bond motifs is 2. The van der Waals surface area contributed by atoms with Gasteiger partial charge in [-0.2, -0.15) is 0 Å². The van der Waals surface area contributed by atoms with Gasteiger partial charge in [-0.3, -0.25) is 19.4 Å². The average Bonchev–Trinajstić information content (AvgIpc) is 2.89. The van der Waals surface area contributed by atoms with Crippen molar-refractivity contribution in [3.05, 3.63) is 124 Å². The summed E-state index contributed by atoms with van der Waals surface area (Å²) >= 11 is 0. The molecule has 0 spiro atoms. The lowest BCUT2D eigenvalue weighted by molar-refractivity contribution is 0.0951. The first-order valence-corrected chi connectivity index (χ1v) is 11.6. The summed E-state index contributed by atoms with van der Waals surface area (Å²) < 4.78 is 3.13. The number of carbonyl (C=O) groups excluding carboxylic acids is 1. The van der Waals surface area contributed by atoms with E-state index < -0.39 is 0 Å². The molecule has 0 bridgehead atoms. The maximum Gasteiger partial charge on any atom is 0.267 e. The summed E-state index contributed by atoms with van der Waals surface area (Å²) in [4.78, 5) is 31.1. The van der Waals surface area contributed by atoms with Crippen LogP contribution in [0, 0.1) is 5.41 Å². The van der Waals surface area contributed by atoms with E-state index >= 15 is 0 Å². The van der Waals surface area contributed by atoms with Gasteiger partial charge in [0.2, 0.25) is 0 Å². The van der Waals surface area contributed by atoms with Crippen molar-refractivity contribution in [3.63, 3.8) is 0 Å². The van der Waals surface area contributed by atoms with E-state index in [0.29, 0.717) is 42.6 Å². The third kappa shape index (κ3) is 4.61. The standard InChI is InChI=1S/C28H25N5O2/c29-25-22(27(34)30-16-14-20-9-3-1-4-10-20)19-23-26(31-24-13-7-8-17-32(24)28(23)35)33(25)18-15-21-11-5-2-6-12-21/h1-13,17,19,29H,14-16,18H2,(H,30,34). The minimum Gasteiger partial charge on any atom is -0.352 e. The maximum absolute atomic E-state index is 13.3. The van der Waals surface area contributed by atoms with Crippen molar-refractivity contribution < 1.29 is 4.79 Å². The molecule has 5 aromatic rings. The molecule has 3 heterocycles. The Morgan fingerprint density at radius 1 is 0.886 bits per heavy atom. The van der Waals surface area contributed by atoms with E-state index in [1.54, 1.807) is 22.9 Å². The van der Waals surface area contributed by atoms with E-state index in [4.69, 9.17) is 5.41 Å². The Kier molecular flexibility index (Phi) is 6.22. The molecule has 174 valence electrons. The minimum atomic E-state index is -0.376. The number of carbonyl (C=O) groups is 1. The molecule has 0 fully saturated rings. The number of nitrogens with one attached hydrogen (secondary N) is 2. The molecule has 0 saturated heterocycles. The summed E-state index contributed by atoms with van der Waals surface area (Å²) in [6, 6.07) is 26.7. The molecule has 7 heteroatoms. The highest BCUT2D eigenvalue weighted by molar-refractivity contribution is 5.96. The Bertz CT molecular complexity index is 1620. The average molecular weight is 464 g/mol. The Balaban J connectivity index is 1.55. The van der Waals surface area contributed by atoms with Crippen LogP contribution in [0.4, 0.5) is 0 Å². The first-order chi connectivity index (χ1) is 17.1. The van der Waals surface area contributed by atoms with Crippen LogP contribution in [0.3, 0.4) is 0 Å². The van der Waals surface area contributed by atoms with Crippen LogP contribution in [0.5, 0.6) is 0 Å². The fraction of sp³-hybridized carbons (Fsp3) is 0.143. The Hall–Kier alpha value is -4.52. The predicted molar refractivity (Wildman–Crippen MR) is 135 cm³/mol. The van der Waals surface area contributed by atoms with Crippen LogP contribution >= 0.6 is 0 Å². The zero-order chi connectivity index (χ0) is 24.2. The highest BCUT2D eigenvalue weighted by Crippen LogP contribution is 2.12. The number of benzene rings is 2. The summed E-state index contributed by atoms with van der Waals surface area (Å²) in [7, 11) is 0. The molecular formula is C28H25N5O2. The first kappa shape index (κ1) is 22.3. The van der Waals surface area contributed by atoms with Crippen LogP contribution in [0.15, 0.2) is 95.9 Å². The Morgan fingerprint density at radius 3 is 2.26 bits per heavy atom. The van der Waals surface area contributed by atoms with Crippen molar-refractivity contribution in [1.29, 1.82) is 5.41 Å². The third-order valence-electron chi connectivity index (χ3n) is 6.07. The van der Waals surface area contributed by atoms with Gasteiger partial charge in [0.25, 0.3) is 11.5 Å². The molecule has 0 atom stereocenters. The van der Waals surface area contributed by atoms with Gasteiger partial charge < -0.3 is 9.88 Å². The largest absolute Gasteiger partial charge is 0.352 e. The highest BCUT2D eigenvalue weighted by atomic mass is 16.1. The quantitative estimate of drug-likeness (QED) is 0.363. The monoisotopic (exact) mass is 463 g/mol. The van der Waals surface area contributed by atoms with Gasteiger partial charge in [-0.15, -0.1) is 0 Å². The van der Waals surface area contributed by atoms with E-state index in [9.17, 15) is 9.59 Å². The van der Waals surface area contributed by atoms with Gasteiger partial charge in [0, 0.05) is 19.3 Å². The molecular weight excluding hydrogens is 438 g/mol. The number of hydrogen-bond acceptors (Lipinski definition) is 4. The summed E-state index contributed by atoms with van der Waals surface area (Å²) in [5.41, 5.74) is 3.05. The normalized spacial score (nSPS) is 11.1. The second-order valence-corrected chi connectivity index (χ2v) is 8.37. The summed E-state index contributed by atoms with van der Waals surface area (Å²) in [5, 5.41) is 12.1. The van der Waals surface area contributed by atoms with Crippen LogP contribution in [-0.2, 0) is 19.4 Å². The zero-order valence-corrected chi connectivity index (χ0v) is 19.1. The molecule has 3 aromatic heterocycles. The number of amides is 1. The lowest BCUT2D eigenvalue weighted by atomic mass is 10.1. The lowest BCUT2D eigenvalue weighted by Gasteiger charge is -2.15. The van der Waals surface area contributed by atoms with Crippen LogP contribution < -0.4 is 16.4 Å². The van der Waals surface area contributed by atoms with Crippen molar-refractivity contribution in [2.45, 2.75) is 19.4 Å². The number of hydrogen-bond donors (Lipinski definition) is 2. The molecule has 35 heavy (non-hydrogen) atoms. The second kappa shape index (κ2) is 9.77. The number of rotatable bonds is 7. The van der Waals surface area contributed by atoms with Gasteiger partial charge in [-0.1, -0.05) is 66.7 Å². The molecule has 0 aliphatic rings. The van der Waals surface area contributed by atoms with Gasteiger partial charge in [0.15, 0.2) is 0 Å². The number of aryl methyl sites for hydroxylation is 2. The van der Waals surface area contributed by atoms with Crippen LogP contribution in [-0.4, -0.2) is 26.4 Å². The van der Waals surface area contributed by atoms with Gasteiger partial charge >= 0.3 is 0 Å². The van der Waals surface area contributed by atoms with E-state index in [-0.39, 0.29) is 22.5 Å². The van der Waals surface area contributed by atoms with Crippen molar-refractivity contribution >= 4 is 22.6 Å². The fourth-order valence-electron chi connectivity index (χ4n) is 4.22. The second-order valence-electron chi connectivity index (χ2n) is 8.37. The van der Waals surface area contributed by atoms with E-state index in [0.717, 1.165) is 11.1 Å². The summed E-state index contributed by atoms with van der Waals surface area (Å²) in [6.07, 6.45) is 2.98. The Morgan fingerprint density at radius 2 is 1.54 bits per heavy atom. The summed E-state index contributed by atoms with van der Waals surface area (Å²) in [6.45, 7) is 0.846. The smallest absolute Gasteiger partial charge is 0.267 e. The minimum absolute atomic E-state index is 0.0397. The molecule has 1 amide bonds. The summed E-state index contributed by atoms with van der Waals surface area (Å²) in [5.74, 6) is -0.376. The SMILES string of the molecule is N=c1c(C(=O)NCCc2ccccc2)cc2c(=O)n3ccccc3nc2n1CCc1ccccc1. The van der Waals surface area contributed by atoms with Gasteiger partial charge in [0.1, 0.15) is 16.8 Å². The topological polar surface area (TPSA) is 92.2 Å². The van der Waals surface area contributed by atoms with E-state index in [1.807, 2.05) is 66.7 Å². The van der Waals surface area contributed by atoms with Crippen LogP contribution in [0.2, 0.25) is 0 Å². The van der Waals surface area contributed by atoms with Crippen LogP contribution in [0.1, 0.15) is 21.5 Å². The number of nitrogens with zero attached hydrogens (tertiary/aromatic N) is 3. The van der Waals surface area contributed by atoms with Crippen LogP contribution in [0.25, 0.3) is 16.7 Å². The number of pyridine rings is 2. The van der Waals surface area contributed by atoms with Crippen molar-refractivity contribution in [2.24, 2.45) is 0 Å². The molecule has 2 aromatic carbocycles.